The van der Waals surface area contributed by atoms with E-state index >= 15 is 0 Å². The van der Waals surface area contributed by atoms with Crippen LogP contribution < -0.4 is 10.6 Å². The lowest BCUT2D eigenvalue weighted by Crippen LogP contribution is -2.59. The summed E-state index contributed by atoms with van der Waals surface area (Å²) in [6.07, 6.45) is 7.83. The Morgan fingerprint density at radius 2 is 2.00 bits per heavy atom. The van der Waals surface area contributed by atoms with Gasteiger partial charge in [0.2, 0.25) is 0 Å². The molecule has 1 saturated carbocycles. The molecule has 1 heterocycles. The minimum absolute atomic E-state index is 0.124. The number of hydrogen-bond donors (Lipinski definition) is 2. The highest BCUT2D eigenvalue weighted by Crippen LogP contribution is 2.29. The molecule has 0 atom stereocenters. The molecule has 0 saturated heterocycles. The van der Waals surface area contributed by atoms with Crippen LogP contribution >= 0.6 is 0 Å². The van der Waals surface area contributed by atoms with Crippen LogP contribution in [0.15, 0.2) is 29.3 Å². The van der Waals surface area contributed by atoms with Crippen LogP contribution in [0.25, 0.3) is 0 Å². The Bertz CT molecular complexity index is 499. The summed E-state index contributed by atoms with van der Waals surface area (Å²) in [6, 6.07) is 8.73. The van der Waals surface area contributed by atoms with E-state index in [9.17, 15) is 0 Å². The highest BCUT2D eigenvalue weighted by molar-refractivity contribution is 5.92. The van der Waals surface area contributed by atoms with E-state index in [0.29, 0.717) is 0 Å². The molecule has 1 fully saturated rings. The molecule has 1 aromatic carbocycles. The smallest absolute Gasteiger partial charge is 0.117 e. The predicted octanol–water partition coefficient (Wildman–Crippen LogP) is 3.18. The summed E-state index contributed by atoms with van der Waals surface area (Å²) in [7, 11) is 0. The summed E-state index contributed by atoms with van der Waals surface area (Å²) in [5.41, 5.74) is 2.78. The Labute approximate surface area is 128 Å². The molecule has 0 aromatic heterocycles. The standard InChI is InChI=1S/C18H27N3/c1-15-7-6-8-16(13-15)14-20-17-18(21-12-11-19-17)9-4-2-3-5-10-18/h6-8,13,21H,2-5,9-12,14H2,1H3,(H,19,20). The van der Waals surface area contributed by atoms with E-state index in [1.54, 1.807) is 0 Å². The molecule has 2 aliphatic rings. The summed E-state index contributed by atoms with van der Waals surface area (Å²) in [6.45, 7) is 4.95. The van der Waals surface area contributed by atoms with Crippen molar-refractivity contribution in [1.82, 2.24) is 10.6 Å². The number of benzene rings is 1. The van der Waals surface area contributed by atoms with Crippen molar-refractivity contribution in [2.24, 2.45) is 4.99 Å². The number of amidine groups is 1. The zero-order chi connectivity index (χ0) is 14.5. The summed E-state index contributed by atoms with van der Waals surface area (Å²) < 4.78 is 0. The number of aliphatic imine (C=N–C) groups is 1. The number of rotatable bonds is 2. The monoisotopic (exact) mass is 285 g/mol. The Morgan fingerprint density at radius 3 is 2.76 bits per heavy atom. The van der Waals surface area contributed by atoms with Gasteiger partial charge in [-0.1, -0.05) is 55.5 Å². The Balaban J connectivity index is 1.71. The van der Waals surface area contributed by atoms with E-state index in [2.05, 4.69) is 41.8 Å². The van der Waals surface area contributed by atoms with Crippen LogP contribution in [-0.4, -0.2) is 24.5 Å². The molecule has 0 bridgehead atoms. The second-order valence-corrected chi connectivity index (χ2v) is 6.50. The maximum atomic E-state index is 4.83. The van der Waals surface area contributed by atoms with Crippen molar-refractivity contribution in [2.75, 3.05) is 13.1 Å². The van der Waals surface area contributed by atoms with Gasteiger partial charge in [-0.2, -0.15) is 0 Å². The maximum Gasteiger partial charge on any atom is 0.117 e. The van der Waals surface area contributed by atoms with Gasteiger partial charge in [0.15, 0.2) is 0 Å². The van der Waals surface area contributed by atoms with Crippen LogP contribution in [0.1, 0.15) is 49.7 Å². The fraction of sp³-hybridized carbons (Fsp3) is 0.611. The molecule has 3 nitrogen and oxygen atoms in total. The zero-order valence-electron chi connectivity index (χ0n) is 13.1. The second-order valence-electron chi connectivity index (χ2n) is 6.50. The van der Waals surface area contributed by atoms with E-state index in [4.69, 9.17) is 4.99 Å². The molecule has 21 heavy (non-hydrogen) atoms. The van der Waals surface area contributed by atoms with Crippen LogP contribution in [-0.2, 0) is 6.54 Å². The van der Waals surface area contributed by atoms with E-state index in [0.717, 1.165) is 19.6 Å². The van der Waals surface area contributed by atoms with Gasteiger partial charge in [0.05, 0.1) is 12.1 Å². The van der Waals surface area contributed by atoms with Gasteiger partial charge in [0.1, 0.15) is 5.84 Å². The lowest BCUT2D eigenvalue weighted by Gasteiger charge is -2.38. The van der Waals surface area contributed by atoms with Crippen LogP contribution in [0, 0.1) is 6.92 Å². The molecule has 114 valence electrons. The summed E-state index contributed by atoms with van der Waals surface area (Å²) in [5.74, 6) is 1.21. The number of hydrogen-bond acceptors (Lipinski definition) is 3. The molecular formula is C18H27N3. The third-order valence-corrected chi connectivity index (χ3v) is 4.80. The van der Waals surface area contributed by atoms with Crippen molar-refractivity contribution in [3.63, 3.8) is 0 Å². The topological polar surface area (TPSA) is 36.4 Å². The first-order valence-electron chi connectivity index (χ1n) is 8.38. The number of nitrogens with one attached hydrogen (secondary N) is 2. The molecule has 1 aromatic rings. The average molecular weight is 285 g/mol. The van der Waals surface area contributed by atoms with Gasteiger partial charge in [0.25, 0.3) is 0 Å². The molecule has 0 unspecified atom stereocenters. The van der Waals surface area contributed by atoms with E-state index in [1.165, 1.54) is 55.5 Å². The van der Waals surface area contributed by atoms with Gasteiger partial charge < -0.3 is 10.6 Å². The summed E-state index contributed by atoms with van der Waals surface area (Å²) in [5, 5.41) is 7.42. The van der Waals surface area contributed by atoms with Gasteiger partial charge in [-0.05, 0) is 25.3 Å². The van der Waals surface area contributed by atoms with E-state index in [1.807, 2.05) is 0 Å². The molecule has 3 heteroatoms. The molecule has 1 aliphatic heterocycles. The largest absolute Gasteiger partial charge is 0.368 e. The van der Waals surface area contributed by atoms with E-state index < -0.39 is 0 Å². The highest BCUT2D eigenvalue weighted by Gasteiger charge is 2.37. The highest BCUT2D eigenvalue weighted by atomic mass is 15.1. The van der Waals surface area contributed by atoms with Crippen molar-refractivity contribution in [1.29, 1.82) is 0 Å². The van der Waals surface area contributed by atoms with Crippen molar-refractivity contribution >= 4 is 5.84 Å². The summed E-state index contributed by atoms with van der Waals surface area (Å²) >= 11 is 0. The molecule has 3 rings (SSSR count). The molecule has 0 radical (unpaired) electrons. The first-order chi connectivity index (χ1) is 10.3. The fourth-order valence-electron chi connectivity index (χ4n) is 3.68. The lowest BCUT2D eigenvalue weighted by atomic mass is 9.87. The van der Waals surface area contributed by atoms with Crippen LogP contribution in [0.5, 0.6) is 0 Å². The predicted molar refractivity (Wildman–Crippen MR) is 88.8 cm³/mol. The Kier molecular flexibility index (Phi) is 4.59. The SMILES string of the molecule is Cc1cccc(CNC2=NCCNC23CCCCCC3)c1. The van der Waals surface area contributed by atoms with Crippen molar-refractivity contribution < 1.29 is 0 Å². The van der Waals surface area contributed by atoms with Crippen molar-refractivity contribution in [2.45, 2.75) is 57.5 Å². The van der Waals surface area contributed by atoms with Crippen LogP contribution in [0.3, 0.4) is 0 Å². The van der Waals surface area contributed by atoms with Gasteiger partial charge >= 0.3 is 0 Å². The van der Waals surface area contributed by atoms with E-state index in [-0.39, 0.29) is 5.54 Å². The minimum atomic E-state index is 0.124. The lowest BCUT2D eigenvalue weighted by molar-refractivity contribution is 0.363. The van der Waals surface area contributed by atoms with Crippen LogP contribution in [0.2, 0.25) is 0 Å². The van der Waals surface area contributed by atoms with Crippen molar-refractivity contribution in [3.05, 3.63) is 35.4 Å². The first-order valence-corrected chi connectivity index (χ1v) is 8.38. The summed E-state index contributed by atoms with van der Waals surface area (Å²) in [4.78, 5) is 4.83. The maximum absolute atomic E-state index is 4.83. The molecule has 1 spiro atoms. The number of aryl methyl sites for hydroxylation is 1. The minimum Gasteiger partial charge on any atom is -0.368 e. The van der Waals surface area contributed by atoms with Gasteiger partial charge in [-0.3, -0.25) is 4.99 Å². The fourth-order valence-corrected chi connectivity index (χ4v) is 3.68. The normalized spacial score (nSPS) is 21.7. The average Bonchev–Trinajstić information content (AvgIpc) is 2.73. The third kappa shape index (κ3) is 3.46. The van der Waals surface area contributed by atoms with Crippen molar-refractivity contribution in [3.8, 4) is 0 Å². The third-order valence-electron chi connectivity index (χ3n) is 4.80. The Morgan fingerprint density at radius 1 is 1.19 bits per heavy atom. The van der Waals surface area contributed by atoms with Gasteiger partial charge in [-0.15, -0.1) is 0 Å². The number of nitrogens with zero attached hydrogens (tertiary/aromatic N) is 1. The van der Waals surface area contributed by atoms with Gasteiger partial charge in [-0.25, -0.2) is 0 Å². The molecular weight excluding hydrogens is 258 g/mol. The molecule has 1 aliphatic carbocycles. The quantitative estimate of drug-likeness (QED) is 0.875. The second kappa shape index (κ2) is 6.61. The molecule has 2 N–H and O–H groups in total. The first kappa shape index (κ1) is 14.6. The Hall–Kier alpha value is -1.35. The van der Waals surface area contributed by atoms with Gasteiger partial charge in [0, 0.05) is 13.1 Å². The zero-order valence-corrected chi connectivity index (χ0v) is 13.1. The molecule has 0 amide bonds. The van der Waals surface area contributed by atoms with Crippen LogP contribution in [0.4, 0.5) is 0 Å².